The van der Waals surface area contributed by atoms with E-state index in [9.17, 15) is 4.79 Å². The largest absolute Gasteiger partial charge is 0.338 e. The van der Waals surface area contributed by atoms with Crippen LogP contribution in [0.4, 0.5) is 5.88 Å². The second-order valence-electron chi connectivity index (χ2n) is 4.83. The number of benzene rings is 1. The molecule has 2 heterocycles. The highest BCUT2D eigenvalue weighted by Gasteiger charge is 2.16. The molecule has 24 heavy (non-hydrogen) atoms. The van der Waals surface area contributed by atoms with Crippen molar-refractivity contribution >= 4 is 35.2 Å². The highest BCUT2D eigenvalue weighted by Crippen LogP contribution is 2.27. The third kappa shape index (κ3) is 3.52. The minimum absolute atomic E-state index is 0.0948. The zero-order valence-electron chi connectivity index (χ0n) is 12.6. The minimum Gasteiger partial charge on any atom is -0.338 e. The first-order chi connectivity index (χ1) is 11.5. The molecule has 0 aliphatic heterocycles. The van der Waals surface area contributed by atoms with E-state index in [2.05, 4.69) is 20.7 Å². The van der Waals surface area contributed by atoms with Crippen LogP contribution in [0.2, 0.25) is 5.02 Å². The molecular formula is C14H13ClN6O2S. The first-order valence-corrected chi connectivity index (χ1v) is 8.22. The Balaban J connectivity index is 1.66. The van der Waals surface area contributed by atoms with Gasteiger partial charge in [0.25, 0.3) is 0 Å². The van der Waals surface area contributed by atoms with Gasteiger partial charge in [-0.3, -0.25) is 10.1 Å². The second-order valence-corrected chi connectivity index (χ2v) is 6.18. The Morgan fingerprint density at radius 2 is 2.21 bits per heavy atom. The summed E-state index contributed by atoms with van der Waals surface area (Å²) in [6.45, 7) is 1.76. The molecule has 3 aromatic rings. The summed E-state index contributed by atoms with van der Waals surface area (Å²) in [6.07, 6.45) is 0. The molecule has 124 valence electrons. The number of hydrogen-bond acceptors (Lipinski definition) is 7. The van der Waals surface area contributed by atoms with Gasteiger partial charge in [0.05, 0.1) is 16.5 Å². The monoisotopic (exact) mass is 364 g/mol. The summed E-state index contributed by atoms with van der Waals surface area (Å²) in [7, 11) is 0. The van der Waals surface area contributed by atoms with Crippen molar-refractivity contribution in [3.8, 4) is 11.4 Å². The third-order valence-electron chi connectivity index (χ3n) is 3.00. The van der Waals surface area contributed by atoms with E-state index in [4.69, 9.17) is 22.0 Å². The smallest absolute Gasteiger partial charge is 0.237 e. The number of nitrogens with two attached hydrogens (primary N) is 1. The topological polar surface area (TPSA) is 112 Å². The Kier molecular flexibility index (Phi) is 4.72. The number of carbonyl (C=O) groups excluding carboxylic acids is 1. The van der Waals surface area contributed by atoms with Crippen LogP contribution >= 0.6 is 23.4 Å². The van der Waals surface area contributed by atoms with Crippen molar-refractivity contribution in [3.63, 3.8) is 0 Å². The lowest BCUT2D eigenvalue weighted by molar-refractivity contribution is -0.113. The van der Waals surface area contributed by atoms with Crippen molar-refractivity contribution in [2.75, 3.05) is 16.9 Å². The molecule has 10 heteroatoms. The summed E-state index contributed by atoms with van der Waals surface area (Å²) >= 11 is 7.29. The molecule has 0 fully saturated rings. The van der Waals surface area contributed by atoms with E-state index in [-0.39, 0.29) is 11.7 Å². The number of amides is 1. The normalized spacial score (nSPS) is 10.8. The maximum Gasteiger partial charge on any atom is 0.237 e. The van der Waals surface area contributed by atoms with Gasteiger partial charge in [0.15, 0.2) is 5.82 Å². The molecule has 0 atom stereocenters. The van der Waals surface area contributed by atoms with Crippen molar-refractivity contribution in [2.24, 2.45) is 0 Å². The number of nitrogens with one attached hydrogen (secondary N) is 1. The number of halogens is 1. The molecule has 0 bridgehead atoms. The maximum atomic E-state index is 11.9. The van der Waals surface area contributed by atoms with E-state index in [1.54, 1.807) is 25.1 Å². The fourth-order valence-corrected chi connectivity index (χ4v) is 2.80. The van der Waals surface area contributed by atoms with Gasteiger partial charge in [-0.2, -0.15) is 0 Å². The summed E-state index contributed by atoms with van der Waals surface area (Å²) in [6, 6.07) is 8.81. The van der Waals surface area contributed by atoms with Gasteiger partial charge in [0, 0.05) is 11.6 Å². The van der Waals surface area contributed by atoms with E-state index in [0.29, 0.717) is 33.1 Å². The molecule has 0 spiro atoms. The van der Waals surface area contributed by atoms with E-state index in [1.165, 1.54) is 4.68 Å². The first-order valence-electron chi connectivity index (χ1n) is 6.86. The van der Waals surface area contributed by atoms with Crippen LogP contribution in [-0.2, 0) is 4.79 Å². The van der Waals surface area contributed by atoms with Crippen molar-refractivity contribution in [3.05, 3.63) is 41.0 Å². The van der Waals surface area contributed by atoms with Crippen LogP contribution in [0.1, 0.15) is 5.69 Å². The lowest BCUT2D eigenvalue weighted by Crippen LogP contribution is -2.16. The number of anilines is 1. The number of rotatable bonds is 5. The molecule has 0 unspecified atom stereocenters. The zero-order chi connectivity index (χ0) is 17.1. The average Bonchev–Trinajstić information content (AvgIpc) is 3.12. The van der Waals surface area contributed by atoms with E-state index < -0.39 is 0 Å². The number of nitrogen functional groups attached to an aromatic ring is 1. The van der Waals surface area contributed by atoms with Crippen molar-refractivity contribution in [2.45, 2.75) is 12.1 Å². The summed E-state index contributed by atoms with van der Waals surface area (Å²) in [4.78, 5) is 11.9. The molecule has 3 N–H and O–H groups in total. The summed E-state index contributed by atoms with van der Waals surface area (Å²) < 4.78 is 6.23. The van der Waals surface area contributed by atoms with Crippen LogP contribution in [0.5, 0.6) is 0 Å². The second kappa shape index (κ2) is 6.93. The predicted molar refractivity (Wildman–Crippen MR) is 91.2 cm³/mol. The van der Waals surface area contributed by atoms with Crippen LogP contribution in [0.15, 0.2) is 40.0 Å². The van der Waals surface area contributed by atoms with Gasteiger partial charge in [0.1, 0.15) is 0 Å². The third-order valence-corrected chi connectivity index (χ3v) is 4.27. The number of nitrogens with zero attached hydrogens (tertiary/aromatic N) is 4. The Morgan fingerprint density at radius 1 is 1.42 bits per heavy atom. The maximum absolute atomic E-state index is 11.9. The summed E-state index contributed by atoms with van der Waals surface area (Å²) in [5.74, 6) is 6.55. The van der Waals surface area contributed by atoms with Gasteiger partial charge >= 0.3 is 0 Å². The number of carbonyl (C=O) groups is 1. The van der Waals surface area contributed by atoms with Crippen molar-refractivity contribution < 1.29 is 9.32 Å². The fraction of sp³-hybridized carbons (Fsp3) is 0.143. The Labute approximate surface area is 146 Å². The Morgan fingerprint density at radius 3 is 2.92 bits per heavy atom. The van der Waals surface area contributed by atoms with E-state index in [1.807, 2.05) is 12.1 Å². The molecule has 0 saturated heterocycles. The molecule has 0 aliphatic carbocycles. The highest BCUT2D eigenvalue weighted by molar-refractivity contribution is 7.99. The van der Waals surface area contributed by atoms with Crippen molar-refractivity contribution in [1.82, 2.24) is 20.0 Å². The minimum atomic E-state index is -0.265. The Bertz CT molecular complexity index is 878. The van der Waals surface area contributed by atoms with Crippen LogP contribution in [0, 0.1) is 6.92 Å². The van der Waals surface area contributed by atoms with Gasteiger partial charge in [-0.15, -0.1) is 10.2 Å². The fourth-order valence-electron chi connectivity index (χ4n) is 1.93. The van der Waals surface area contributed by atoms with Gasteiger partial charge in [-0.25, -0.2) is 4.68 Å². The number of aryl methyl sites for hydroxylation is 1. The first kappa shape index (κ1) is 16.3. The van der Waals surface area contributed by atoms with Gasteiger partial charge in [-0.05, 0) is 19.1 Å². The molecule has 0 saturated carbocycles. The molecule has 1 amide bonds. The highest BCUT2D eigenvalue weighted by atomic mass is 35.5. The van der Waals surface area contributed by atoms with Crippen LogP contribution in [-0.4, -0.2) is 31.7 Å². The number of hydrogen-bond donors (Lipinski definition) is 2. The SMILES string of the molecule is Cc1cc(NC(=O)CSc2nnc(-c3ccccc3Cl)n2N)on1. The van der Waals surface area contributed by atoms with Gasteiger partial charge in [-0.1, -0.05) is 40.7 Å². The van der Waals surface area contributed by atoms with E-state index >= 15 is 0 Å². The predicted octanol–water partition coefficient (Wildman–Crippen LogP) is 2.34. The molecule has 0 aliphatic rings. The standard InChI is InChI=1S/C14H13ClN6O2S/c1-8-6-12(23-20-8)17-11(22)7-24-14-19-18-13(21(14)16)9-4-2-3-5-10(9)15/h2-6H,7,16H2,1H3,(H,17,22). The summed E-state index contributed by atoms with van der Waals surface area (Å²) in [5.41, 5.74) is 1.35. The number of thioether (sulfide) groups is 1. The van der Waals surface area contributed by atoms with Crippen LogP contribution < -0.4 is 11.2 Å². The molecule has 8 nitrogen and oxygen atoms in total. The molecule has 2 aromatic heterocycles. The average molecular weight is 365 g/mol. The van der Waals surface area contributed by atoms with Gasteiger partial charge < -0.3 is 10.4 Å². The Hall–Kier alpha value is -2.52. The molecule has 0 radical (unpaired) electrons. The quantitative estimate of drug-likeness (QED) is 0.527. The summed E-state index contributed by atoms with van der Waals surface area (Å²) in [5, 5.41) is 15.2. The molecule has 1 aromatic carbocycles. The molecular weight excluding hydrogens is 352 g/mol. The lowest BCUT2D eigenvalue weighted by atomic mass is 10.2. The van der Waals surface area contributed by atoms with E-state index in [0.717, 1.165) is 11.8 Å². The van der Waals surface area contributed by atoms with Crippen molar-refractivity contribution in [1.29, 1.82) is 0 Å². The zero-order valence-corrected chi connectivity index (χ0v) is 14.1. The number of aromatic nitrogens is 4. The lowest BCUT2D eigenvalue weighted by Gasteiger charge is -2.05. The van der Waals surface area contributed by atoms with Gasteiger partial charge in [0.2, 0.25) is 16.9 Å². The van der Waals surface area contributed by atoms with Crippen LogP contribution in [0.25, 0.3) is 11.4 Å². The molecule has 3 rings (SSSR count). The van der Waals surface area contributed by atoms with Crippen LogP contribution in [0.3, 0.4) is 0 Å².